The number of hydrogen-bond donors (Lipinski definition) is 2. The van der Waals surface area contributed by atoms with Crippen LogP contribution < -0.4 is 10.9 Å². The molecule has 0 amide bonds. The van der Waals surface area contributed by atoms with E-state index in [9.17, 15) is 20.2 Å². The molecule has 2 aromatic carbocycles. The largest absolute Gasteiger partial charge is 0.301 e. The zero-order valence-corrected chi connectivity index (χ0v) is 12.3. The molecule has 0 atom stereocenters. The lowest BCUT2D eigenvalue weighted by Gasteiger charge is -2.12. The van der Waals surface area contributed by atoms with Gasteiger partial charge in [0, 0.05) is 24.3 Å². The van der Waals surface area contributed by atoms with Gasteiger partial charge in [-0.3, -0.25) is 25.7 Å². The van der Waals surface area contributed by atoms with Crippen molar-refractivity contribution in [2.24, 2.45) is 0 Å². The molecule has 0 aromatic heterocycles. The van der Waals surface area contributed by atoms with Crippen molar-refractivity contribution in [2.45, 2.75) is 0 Å². The quantitative estimate of drug-likeness (QED) is 0.620. The summed E-state index contributed by atoms with van der Waals surface area (Å²) in [5.74, 6) is 0. The summed E-state index contributed by atoms with van der Waals surface area (Å²) in [5, 5.41) is 21.4. The second-order valence-corrected chi connectivity index (χ2v) is 4.91. The maximum atomic E-state index is 10.7. The summed E-state index contributed by atoms with van der Waals surface area (Å²) in [7, 11) is 0. The summed E-state index contributed by atoms with van der Waals surface area (Å²) >= 11 is 11.9. The molecular formula is C12H8Cl2N4O4. The van der Waals surface area contributed by atoms with Gasteiger partial charge >= 0.3 is 0 Å². The lowest BCUT2D eigenvalue weighted by Crippen LogP contribution is -2.09. The number of rotatable bonds is 5. The van der Waals surface area contributed by atoms with Crippen LogP contribution in [0.15, 0.2) is 36.4 Å². The molecule has 0 saturated carbocycles. The number of benzene rings is 2. The van der Waals surface area contributed by atoms with Gasteiger partial charge in [-0.05, 0) is 12.1 Å². The number of halogens is 2. The van der Waals surface area contributed by atoms with E-state index in [0.29, 0.717) is 5.69 Å². The lowest BCUT2D eigenvalue weighted by atomic mass is 10.3. The van der Waals surface area contributed by atoms with E-state index in [1.807, 2.05) is 0 Å². The van der Waals surface area contributed by atoms with Crippen molar-refractivity contribution < 1.29 is 9.85 Å². The fraction of sp³-hybridized carbons (Fsp3) is 0. The number of nitrogens with zero attached hydrogens (tertiary/aromatic N) is 2. The molecule has 0 spiro atoms. The molecule has 8 nitrogen and oxygen atoms in total. The number of nitro benzene ring substituents is 2. The molecule has 0 saturated heterocycles. The van der Waals surface area contributed by atoms with Crippen LogP contribution in [0.25, 0.3) is 0 Å². The molecular weight excluding hydrogens is 335 g/mol. The minimum Gasteiger partial charge on any atom is -0.301 e. The Hall–Kier alpha value is -2.58. The van der Waals surface area contributed by atoms with E-state index in [1.54, 1.807) is 0 Å². The molecule has 0 aliphatic heterocycles. The van der Waals surface area contributed by atoms with Gasteiger partial charge in [0.25, 0.3) is 11.4 Å². The predicted octanol–water partition coefficient (Wildman–Crippen LogP) is 4.25. The molecule has 2 aromatic rings. The van der Waals surface area contributed by atoms with Gasteiger partial charge in [0.2, 0.25) is 0 Å². The predicted molar refractivity (Wildman–Crippen MR) is 83.5 cm³/mol. The first-order chi connectivity index (χ1) is 10.4. The Morgan fingerprint density at radius 3 is 1.77 bits per heavy atom. The highest BCUT2D eigenvalue weighted by Crippen LogP contribution is 2.34. The molecule has 0 fully saturated rings. The normalized spacial score (nSPS) is 10.1. The first-order valence-electron chi connectivity index (χ1n) is 5.78. The molecule has 0 bridgehead atoms. The van der Waals surface area contributed by atoms with E-state index in [2.05, 4.69) is 10.9 Å². The average molecular weight is 343 g/mol. The zero-order valence-electron chi connectivity index (χ0n) is 10.7. The molecule has 0 aliphatic carbocycles. The average Bonchev–Trinajstić information content (AvgIpc) is 2.46. The molecule has 2 rings (SSSR count). The zero-order chi connectivity index (χ0) is 16.3. The van der Waals surface area contributed by atoms with E-state index < -0.39 is 9.85 Å². The van der Waals surface area contributed by atoms with Crippen molar-refractivity contribution in [3.8, 4) is 0 Å². The first-order valence-corrected chi connectivity index (χ1v) is 6.54. The van der Waals surface area contributed by atoms with Gasteiger partial charge in [0.15, 0.2) is 0 Å². The molecule has 0 aliphatic rings. The molecule has 10 heteroatoms. The molecule has 0 heterocycles. The molecule has 0 unspecified atom stereocenters. The fourth-order valence-electron chi connectivity index (χ4n) is 1.59. The second-order valence-electron chi connectivity index (χ2n) is 4.10. The van der Waals surface area contributed by atoms with Gasteiger partial charge in [-0.1, -0.05) is 23.2 Å². The van der Waals surface area contributed by atoms with Gasteiger partial charge in [0.1, 0.15) is 0 Å². The van der Waals surface area contributed by atoms with Gasteiger partial charge in [-0.25, -0.2) is 0 Å². The van der Waals surface area contributed by atoms with E-state index >= 15 is 0 Å². The van der Waals surface area contributed by atoms with Gasteiger partial charge in [0.05, 0.1) is 31.3 Å². The first kappa shape index (κ1) is 15.8. The van der Waals surface area contributed by atoms with Crippen LogP contribution in [0.5, 0.6) is 0 Å². The van der Waals surface area contributed by atoms with Crippen LogP contribution in [-0.2, 0) is 0 Å². The highest BCUT2D eigenvalue weighted by molar-refractivity contribution is 6.39. The second kappa shape index (κ2) is 6.46. The minimum atomic E-state index is -0.606. The van der Waals surface area contributed by atoms with Gasteiger partial charge < -0.3 is 5.43 Å². The molecule has 22 heavy (non-hydrogen) atoms. The van der Waals surface area contributed by atoms with E-state index in [1.165, 1.54) is 24.3 Å². The number of nitro groups is 2. The van der Waals surface area contributed by atoms with E-state index in [4.69, 9.17) is 23.2 Å². The number of anilines is 2. The number of hydrogen-bond acceptors (Lipinski definition) is 6. The summed E-state index contributed by atoms with van der Waals surface area (Å²) in [5.41, 5.74) is 5.96. The SMILES string of the molecule is O=[N+]([O-])c1ccc(NNc2c(Cl)cc([N+](=O)[O-])cc2Cl)cc1. The van der Waals surface area contributed by atoms with E-state index in [-0.39, 0.29) is 27.1 Å². The van der Waals surface area contributed by atoms with Crippen molar-refractivity contribution in [1.82, 2.24) is 0 Å². The van der Waals surface area contributed by atoms with Crippen LogP contribution in [0.2, 0.25) is 10.0 Å². The highest BCUT2D eigenvalue weighted by atomic mass is 35.5. The van der Waals surface area contributed by atoms with Crippen molar-refractivity contribution >= 4 is 46.0 Å². The summed E-state index contributed by atoms with van der Waals surface area (Å²) in [4.78, 5) is 20.1. The lowest BCUT2D eigenvalue weighted by molar-refractivity contribution is -0.385. The highest BCUT2D eigenvalue weighted by Gasteiger charge is 2.14. The number of non-ortho nitro benzene ring substituents is 2. The van der Waals surface area contributed by atoms with Gasteiger partial charge in [-0.15, -0.1) is 0 Å². The van der Waals surface area contributed by atoms with Crippen LogP contribution in [0.3, 0.4) is 0 Å². The smallest absolute Gasteiger partial charge is 0.272 e. The van der Waals surface area contributed by atoms with Crippen molar-refractivity contribution in [3.63, 3.8) is 0 Å². The Morgan fingerprint density at radius 1 is 0.818 bits per heavy atom. The summed E-state index contributed by atoms with van der Waals surface area (Å²) in [6.07, 6.45) is 0. The summed E-state index contributed by atoms with van der Waals surface area (Å²) in [6.45, 7) is 0. The Morgan fingerprint density at radius 2 is 1.32 bits per heavy atom. The van der Waals surface area contributed by atoms with Crippen molar-refractivity contribution in [1.29, 1.82) is 0 Å². The van der Waals surface area contributed by atoms with Gasteiger partial charge in [-0.2, -0.15) is 0 Å². The standard InChI is InChI=1S/C12H8Cl2N4O4/c13-10-5-9(18(21)22)6-11(14)12(10)16-15-7-1-3-8(4-2-7)17(19)20/h1-6,15-16H. The third-order valence-electron chi connectivity index (χ3n) is 2.65. The molecule has 114 valence electrons. The van der Waals surface area contributed by atoms with Crippen LogP contribution >= 0.6 is 23.2 Å². The topological polar surface area (TPSA) is 110 Å². The third kappa shape index (κ3) is 3.54. The summed E-state index contributed by atoms with van der Waals surface area (Å²) < 4.78 is 0. The van der Waals surface area contributed by atoms with Crippen LogP contribution in [0.1, 0.15) is 0 Å². The van der Waals surface area contributed by atoms with Crippen molar-refractivity contribution in [2.75, 3.05) is 10.9 Å². The minimum absolute atomic E-state index is 0.0445. The Bertz CT molecular complexity index is 713. The number of hydrazine groups is 1. The third-order valence-corrected chi connectivity index (χ3v) is 3.24. The fourth-order valence-corrected chi connectivity index (χ4v) is 2.16. The Labute approximate surface area is 133 Å². The molecule has 0 radical (unpaired) electrons. The maximum Gasteiger partial charge on any atom is 0.272 e. The number of nitrogens with one attached hydrogen (secondary N) is 2. The maximum absolute atomic E-state index is 10.7. The summed E-state index contributed by atoms with van der Waals surface area (Å²) in [6, 6.07) is 7.93. The Kier molecular flexibility index (Phi) is 4.64. The van der Waals surface area contributed by atoms with E-state index in [0.717, 1.165) is 12.1 Å². The van der Waals surface area contributed by atoms with Crippen LogP contribution in [-0.4, -0.2) is 9.85 Å². The Balaban J connectivity index is 2.14. The van der Waals surface area contributed by atoms with Crippen LogP contribution in [0.4, 0.5) is 22.7 Å². The van der Waals surface area contributed by atoms with Crippen molar-refractivity contribution in [3.05, 3.63) is 66.7 Å². The monoisotopic (exact) mass is 342 g/mol. The van der Waals surface area contributed by atoms with Crippen LogP contribution in [0, 0.1) is 20.2 Å². The molecule has 2 N–H and O–H groups in total.